The van der Waals surface area contributed by atoms with Crippen LogP contribution in [-0.2, 0) is 19.0 Å². The highest BCUT2D eigenvalue weighted by molar-refractivity contribution is 5.65. The van der Waals surface area contributed by atoms with Crippen molar-refractivity contribution in [2.45, 2.75) is 19.4 Å². The molecule has 0 fully saturated rings. The smallest absolute Gasteiger partial charge is 0.302 e. The molecule has 72 valence electrons. The van der Waals surface area contributed by atoms with Crippen molar-refractivity contribution in [3.63, 3.8) is 0 Å². The molecule has 0 amide bonds. The average molecular weight is 176 g/mol. The van der Waals surface area contributed by atoms with Crippen LogP contribution >= 0.6 is 0 Å². The van der Waals surface area contributed by atoms with E-state index in [4.69, 9.17) is 14.2 Å². The summed E-state index contributed by atoms with van der Waals surface area (Å²) in [6.07, 6.45) is 0.675. The minimum Gasteiger partial charge on any atom is -0.463 e. The van der Waals surface area contributed by atoms with Gasteiger partial charge in [-0.15, -0.1) is 0 Å². The van der Waals surface area contributed by atoms with Crippen molar-refractivity contribution < 1.29 is 19.0 Å². The fourth-order valence-electron chi connectivity index (χ4n) is 0.729. The fraction of sp³-hybridized carbons (Fsp3) is 0.875. The van der Waals surface area contributed by atoms with Gasteiger partial charge in [-0.05, 0) is 0 Å². The number of rotatable bonds is 6. The Balaban J connectivity index is 3.45. The van der Waals surface area contributed by atoms with Crippen molar-refractivity contribution >= 4 is 5.97 Å². The van der Waals surface area contributed by atoms with Crippen LogP contribution in [0, 0.1) is 0 Å². The van der Waals surface area contributed by atoms with Gasteiger partial charge in [-0.1, -0.05) is 0 Å². The quantitative estimate of drug-likeness (QED) is 0.556. The Labute approximate surface area is 72.8 Å². The third-order valence-corrected chi connectivity index (χ3v) is 1.45. The maximum Gasteiger partial charge on any atom is 0.302 e. The second kappa shape index (κ2) is 7.06. The van der Waals surface area contributed by atoms with Gasteiger partial charge in [-0.2, -0.15) is 0 Å². The summed E-state index contributed by atoms with van der Waals surface area (Å²) in [4.78, 5) is 10.4. The number of hydrogen-bond donors (Lipinski definition) is 0. The van der Waals surface area contributed by atoms with Crippen LogP contribution in [0.5, 0.6) is 0 Å². The zero-order chi connectivity index (χ0) is 9.40. The lowest BCUT2D eigenvalue weighted by Crippen LogP contribution is -2.21. The lowest BCUT2D eigenvalue weighted by atomic mass is 10.3. The van der Waals surface area contributed by atoms with Gasteiger partial charge in [-0.25, -0.2) is 0 Å². The summed E-state index contributed by atoms with van der Waals surface area (Å²) in [6, 6.07) is 0. The van der Waals surface area contributed by atoms with E-state index >= 15 is 0 Å². The minimum atomic E-state index is -0.283. The molecule has 0 aromatic heterocycles. The van der Waals surface area contributed by atoms with Gasteiger partial charge in [0, 0.05) is 34.2 Å². The summed E-state index contributed by atoms with van der Waals surface area (Å²) < 4.78 is 14.7. The molecule has 0 aromatic carbocycles. The summed E-state index contributed by atoms with van der Waals surface area (Å²) in [5.41, 5.74) is 0. The molecule has 0 aliphatic heterocycles. The SMILES string of the molecule is COCCC(COC(C)=O)OC. The van der Waals surface area contributed by atoms with Crippen LogP contribution in [0.25, 0.3) is 0 Å². The molecular weight excluding hydrogens is 160 g/mol. The largest absolute Gasteiger partial charge is 0.463 e. The van der Waals surface area contributed by atoms with Gasteiger partial charge in [0.2, 0.25) is 0 Å². The lowest BCUT2D eigenvalue weighted by Gasteiger charge is -2.13. The summed E-state index contributed by atoms with van der Waals surface area (Å²) in [7, 11) is 3.21. The normalized spacial score (nSPS) is 12.6. The molecule has 4 heteroatoms. The average Bonchev–Trinajstić information content (AvgIpc) is 2.05. The van der Waals surface area contributed by atoms with Crippen molar-refractivity contribution in [2.75, 3.05) is 27.4 Å². The van der Waals surface area contributed by atoms with Gasteiger partial charge in [0.1, 0.15) is 6.61 Å². The molecule has 0 radical (unpaired) electrons. The molecule has 0 saturated heterocycles. The van der Waals surface area contributed by atoms with E-state index in [2.05, 4.69) is 0 Å². The molecule has 0 spiro atoms. The second-order valence-electron chi connectivity index (χ2n) is 2.44. The monoisotopic (exact) mass is 176 g/mol. The van der Waals surface area contributed by atoms with Crippen molar-refractivity contribution in [1.29, 1.82) is 0 Å². The van der Waals surface area contributed by atoms with Gasteiger partial charge >= 0.3 is 5.97 Å². The maximum atomic E-state index is 10.4. The Hall–Kier alpha value is -0.610. The molecule has 0 rings (SSSR count). The Kier molecular flexibility index (Phi) is 6.70. The number of esters is 1. The zero-order valence-corrected chi connectivity index (χ0v) is 7.83. The van der Waals surface area contributed by atoms with Crippen LogP contribution in [0.15, 0.2) is 0 Å². The highest BCUT2D eigenvalue weighted by Crippen LogP contribution is 1.98. The summed E-state index contributed by atoms with van der Waals surface area (Å²) in [5.74, 6) is -0.283. The molecule has 0 N–H and O–H groups in total. The number of carbonyl (C=O) groups is 1. The summed E-state index contributed by atoms with van der Waals surface area (Å²) in [5, 5.41) is 0. The predicted molar refractivity (Wildman–Crippen MR) is 43.9 cm³/mol. The number of hydrogen-bond acceptors (Lipinski definition) is 4. The molecular formula is C8H16O4. The first-order chi connectivity index (χ1) is 5.70. The van der Waals surface area contributed by atoms with Crippen LogP contribution in [0.3, 0.4) is 0 Å². The maximum absolute atomic E-state index is 10.4. The van der Waals surface area contributed by atoms with Gasteiger partial charge < -0.3 is 14.2 Å². The molecule has 0 aliphatic rings. The molecule has 0 aliphatic carbocycles. The minimum absolute atomic E-state index is 0.0613. The highest BCUT2D eigenvalue weighted by Gasteiger charge is 2.08. The Bertz CT molecular complexity index is 124. The molecule has 0 bridgehead atoms. The molecule has 0 saturated carbocycles. The van der Waals surface area contributed by atoms with Crippen LogP contribution < -0.4 is 0 Å². The van der Waals surface area contributed by atoms with E-state index in [9.17, 15) is 4.79 Å². The lowest BCUT2D eigenvalue weighted by molar-refractivity contribution is -0.144. The summed E-state index contributed by atoms with van der Waals surface area (Å²) >= 11 is 0. The first kappa shape index (κ1) is 11.4. The van der Waals surface area contributed by atoms with Gasteiger partial charge in [-0.3, -0.25) is 4.79 Å². The van der Waals surface area contributed by atoms with Gasteiger partial charge in [0.15, 0.2) is 0 Å². The van der Waals surface area contributed by atoms with Crippen molar-refractivity contribution in [1.82, 2.24) is 0 Å². The fourth-order valence-corrected chi connectivity index (χ4v) is 0.729. The van der Waals surface area contributed by atoms with Crippen LogP contribution in [0.1, 0.15) is 13.3 Å². The van der Waals surface area contributed by atoms with Crippen LogP contribution in [-0.4, -0.2) is 39.5 Å². The molecule has 1 unspecified atom stereocenters. The topological polar surface area (TPSA) is 44.8 Å². The second-order valence-corrected chi connectivity index (χ2v) is 2.44. The van der Waals surface area contributed by atoms with Crippen molar-refractivity contribution in [2.24, 2.45) is 0 Å². The third kappa shape index (κ3) is 6.12. The molecule has 1 atom stereocenters. The van der Waals surface area contributed by atoms with E-state index in [1.165, 1.54) is 6.92 Å². The first-order valence-corrected chi connectivity index (χ1v) is 3.85. The van der Waals surface area contributed by atoms with Crippen LogP contribution in [0.4, 0.5) is 0 Å². The van der Waals surface area contributed by atoms with E-state index in [1.807, 2.05) is 0 Å². The predicted octanol–water partition coefficient (Wildman–Crippen LogP) is 0.601. The molecule has 4 nitrogen and oxygen atoms in total. The standard InChI is InChI=1S/C8H16O4/c1-7(9)12-6-8(11-3)4-5-10-2/h8H,4-6H2,1-3H3. The van der Waals surface area contributed by atoms with Crippen molar-refractivity contribution in [3.8, 4) is 0 Å². The van der Waals surface area contributed by atoms with E-state index in [0.717, 1.165) is 6.42 Å². The van der Waals surface area contributed by atoms with Crippen molar-refractivity contribution in [3.05, 3.63) is 0 Å². The Morgan fingerprint density at radius 1 is 1.42 bits per heavy atom. The number of carbonyl (C=O) groups excluding carboxylic acids is 1. The van der Waals surface area contributed by atoms with Crippen LogP contribution in [0.2, 0.25) is 0 Å². The van der Waals surface area contributed by atoms with E-state index in [1.54, 1.807) is 14.2 Å². The Morgan fingerprint density at radius 3 is 2.50 bits per heavy atom. The molecule has 0 heterocycles. The van der Waals surface area contributed by atoms with E-state index in [-0.39, 0.29) is 12.1 Å². The van der Waals surface area contributed by atoms with Gasteiger partial charge in [0.25, 0.3) is 0 Å². The summed E-state index contributed by atoms with van der Waals surface area (Å²) in [6.45, 7) is 2.29. The number of methoxy groups -OCH3 is 2. The third-order valence-electron chi connectivity index (χ3n) is 1.45. The molecule has 12 heavy (non-hydrogen) atoms. The zero-order valence-electron chi connectivity index (χ0n) is 7.83. The first-order valence-electron chi connectivity index (χ1n) is 3.85. The Morgan fingerprint density at radius 2 is 2.08 bits per heavy atom. The number of ether oxygens (including phenoxy) is 3. The molecule has 0 aromatic rings. The van der Waals surface area contributed by atoms with Gasteiger partial charge in [0.05, 0.1) is 6.10 Å². The van der Waals surface area contributed by atoms with E-state index < -0.39 is 0 Å². The highest BCUT2D eigenvalue weighted by atomic mass is 16.6. The van der Waals surface area contributed by atoms with E-state index in [0.29, 0.717) is 13.2 Å².